The van der Waals surface area contributed by atoms with Crippen molar-refractivity contribution in [3.63, 3.8) is 0 Å². The van der Waals surface area contributed by atoms with Crippen LogP contribution in [0.2, 0.25) is 0 Å². The van der Waals surface area contributed by atoms with Gasteiger partial charge in [-0.1, -0.05) is 48.5 Å². The normalized spacial score (nSPS) is 20.4. The van der Waals surface area contributed by atoms with Gasteiger partial charge in [0.25, 0.3) is 14.4 Å². The maximum atomic E-state index is 12.7. The number of nitrogens with one attached hydrogen (secondary N) is 1. The molecule has 1 fully saturated rings. The average molecular weight is 686 g/mol. The van der Waals surface area contributed by atoms with Crippen molar-refractivity contribution < 1.29 is 34.5 Å². The Bertz CT molecular complexity index is 1580. The second-order valence-corrected chi connectivity index (χ2v) is 12.8. The summed E-state index contributed by atoms with van der Waals surface area (Å²) in [5, 5.41) is 6.27. The number of carbonyl (C=O) groups is 1. The molecule has 14 heteroatoms. The number of imidazole rings is 1. The molecule has 0 aliphatic carbocycles. The molecule has 1 aliphatic heterocycles. The molecule has 0 saturated carbocycles. The van der Waals surface area contributed by atoms with E-state index in [9.17, 15) is 4.79 Å². The fourth-order valence-electron chi connectivity index (χ4n) is 5.39. The molecule has 0 bridgehead atoms. The predicted molar refractivity (Wildman–Crippen MR) is 184 cm³/mol. The summed E-state index contributed by atoms with van der Waals surface area (Å²) in [7, 11) is 1.34. The molecule has 5 rings (SSSR count). The van der Waals surface area contributed by atoms with Gasteiger partial charge in [-0.3, -0.25) is 9.36 Å². The third kappa shape index (κ3) is 9.32. The van der Waals surface area contributed by atoms with Gasteiger partial charge in [0.1, 0.15) is 24.3 Å². The van der Waals surface area contributed by atoms with Crippen LogP contribution in [0.3, 0.4) is 0 Å². The highest BCUT2D eigenvalue weighted by molar-refractivity contribution is 7.44. The minimum absolute atomic E-state index is 0.0537. The van der Waals surface area contributed by atoms with Crippen molar-refractivity contribution in [3.8, 4) is 5.75 Å². The standard InChI is InChI=1S/C33H43N6O6P.CH4O/c1-22(2)39(23(3)4)46(43-18-17-25-13-9-7-10-14-25)45-29-24(5)44-33(30(29)41-6)38-21-36-28-31(34-20-35-32(28)38)37-27(40)19-42-26-15-11-8-12-16-26;1-2/h7-16,20-24,29-30,33H,17-19H2,1-6H3,(H,34,35,37,40);2H,1H3/i5D;2T. The number of rotatable bonds is 15. The average Bonchev–Trinajstić information content (AvgIpc) is 3.69. The van der Waals surface area contributed by atoms with Crippen LogP contribution in [-0.2, 0) is 29.7 Å². The van der Waals surface area contributed by atoms with Gasteiger partial charge in [0.05, 0.1) is 19.0 Å². The highest BCUT2D eigenvalue weighted by Crippen LogP contribution is 2.50. The summed E-state index contributed by atoms with van der Waals surface area (Å²) < 4.78 is 49.3. The first kappa shape index (κ1) is 34.3. The van der Waals surface area contributed by atoms with E-state index in [0.717, 1.165) is 6.42 Å². The second kappa shape index (κ2) is 18.3. The molecule has 1 amide bonds. The Kier molecular flexibility index (Phi) is 13.1. The minimum Gasteiger partial charge on any atom is -0.484 e. The fourth-order valence-corrected chi connectivity index (χ4v) is 7.16. The van der Waals surface area contributed by atoms with E-state index in [0.29, 0.717) is 23.5 Å². The van der Waals surface area contributed by atoms with Crippen LogP contribution in [-0.4, -0.2) is 94.5 Å². The number of amides is 1. The Morgan fingerprint density at radius 2 is 1.79 bits per heavy atom. The molecule has 2 N–H and O–H groups in total. The van der Waals surface area contributed by atoms with E-state index in [1.54, 1.807) is 30.1 Å². The summed E-state index contributed by atoms with van der Waals surface area (Å²) in [6, 6.07) is 19.6. The lowest BCUT2D eigenvalue weighted by Crippen LogP contribution is -2.39. The number of aliphatic hydroxyl groups is 1. The lowest BCUT2D eigenvalue weighted by atomic mass is 10.1. The lowest BCUT2D eigenvalue weighted by Gasteiger charge is -2.38. The number of aromatic nitrogens is 4. The van der Waals surface area contributed by atoms with E-state index in [1.165, 1.54) is 19.0 Å². The van der Waals surface area contributed by atoms with Gasteiger partial charge in [0, 0.05) is 27.7 Å². The zero-order valence-corrected chi connectivity index (χ0v) is 29.2. The van der Waals surface area contributed by atoms with E-state index < -0.39 is 39.0 Å². The Labute approximate surface area is 286 Å². The number of para-hydroxylation sites is 1. The molecule has 0 spiro atoms. The quantitative estimate of drug-likeness (QED) is 0.156. The molecule has 3 heterocycles. The van der Waals surface area contributed by atoms with Gasteiger partial charge in [-0.25, -0.2) is 19.6 Å². The molecule has 2 aromatic carbocycles. The number of hydrogen-bond acceptors (Lipinski definition) is 11. The van der Waals surface area contributed by atoms with Crippen LogP contribution in [0, 0.1) is 0 Å². The van der Waals surface area contributed by atoms with Crippen LogP contribution in [0.15, 0.2) is 73.3 Å². The first-order chi connectivity index (χ1) is 24.2. The molecule has 1 aliphatic rings. The maximum Gasteiger partial charge on any atom is 0.263 e. The predicted octanol–water partition coefficient (Wildman–Crippen LogP) is 5.37. The van der Waals surface area contributed by atoms with E-state index in [2.05, 4.69) is 69.9 Å². The Morgan fingerprint density at radius 1 is 1.10 bits per heavy atom. The van der Waals surface area contributed by atoms with Crippen molar-refractivity contribution in [1.29, 1.82) is 1.43 Å². The summed E-state index contributed by atoms with van der Waals surface area (Å²) in [4.78, 5) is 25.9. The number of benzene rings is 2. The minimum atomic E-state index is -1.54. The van der Waals surface area contributed by atoms with Gasteiger partial charge in [0.15, 0.2) is 29.8 Å². The van der Waals surface area contributed by atoms with Crippen LogP contribution < -0.4 is 10.1 Å². The molecule has 2 aromatic heterocycles. The summed E-state index contributed by atoms with van der Waals surface area (Å²) >= 11 is 0. The first-order valence-electron chi connectivity index (χ1n) is 16.9. The topological polar surface area (TPSA) is 142 Å². The lowest BCUT2D eigenvalue weighted by molar-refractivity contribution is -0.118. The molecule has 5 unspecified atom stereocenters. The highest BCUT2D eigenvalue weighted by Gasteiger charge is 2.48. The summed E-state index contributed by atoms with van der Waals surface area (Å²) in [5.74, 6) is 0.435. The maximum absolute atomic E-state index is 12.7. The summed E-state index contributed by atoms with van der Waals surface area (Å²) in [6.07, 6.45) is 1.12. The number of anilines is 1. The van der Waals surface area contributed by atoms with Crippen molar-refractivity contribution >= 4 is 31.4 Å². The van der Waals surface area contributed by atoms with Crippen LogP contribution in [0.1, 0.15) is 47.8 Å². The summed E-state index contributed by atoms with van der Waals surface area (Å²) in [6.45, 7) is 8.68. The number of hydrogen-bond donors (Lipinski definition) is 2. The molecule has 48 heavy (non-hydrogen) atoms. The molecular formula is C34H47N6O7P. The molecule has 13 nitrogen and oxygen atoms in total. The van der Waals surface area contributed by atoms with Gasteiger partial charge in [0.2, 0.25) is 1.43 Å². The van der Waals surface area contributed by atoms with Crippen molar-refractivity contribution in [2.75, 3.05) is 32.8 Å². The van der Waals surface area contributed by atoms with E-state index in [1.807, 2.05) is 36.4 Å². The van der Waals surface area contributed by atoms with Gasteiger partial charge in [-0.2, -0.15) is 0 Å². The molecule has 1 saturated heterocycles. The zero-order valence-electron chi connectivity index (χ0n) is 30.3. The Balaban J connectivity index is 0.00000181. The van der Waals surface area contributed by atoms with Crippen LogP contribution in [0.4, 0.5) is 5.82 Å². The Hall–Kier alpha value is -3.55. The van der Waals surface area contributed by atoms with Gasteiger partial charge < -0.3 is 33.7 Å². The number of aliphatic hydroxyl groups excluding tert-OH is 1. The van der Waals surface area contributed by atoms with Crippen molar-refractivity contribution in [1.82, 2.24) is 24.2 Å². The summed E-state index contributed by atoms with van der Waals surface area (Å²) in [5.41, 5.74) is 1.99. The number of nitrogens with zero attached hydrogens (tertiary/aromatic N) is 5. The Morgan fingerprint density at radius 3 is 2.44 bits per heavy atom. The molecule has 260 valence electrons. The molecule has 5 atom stereocenters. The smallest absolute Gasteiger partial charge is 0.263 e. The van der Waals surface area contributed by atoms with Crippen LogP contribution in [0.25, 0.3) is 11.2 Å². The molecular weight excluding hydrogens is 635 g/mol. The van der Waals surface area contributed by atoms with Gasteiger partial charge in [-0.05, 0) is 58.7 Å². The number of fused-ring (bicyclic) bond motifs is 1. The third-order valence-electron chi connectivity index (χ3n) is 7.46. The van der Waals surface area contributed by atoms with Gasteiger partial charge in [-0.15, -0.1) is 0 Å². The molecule has 0 radical (unpaired) electrons. The number of ether oxygens (including phenoxy) is 3. The van der Waals surface area contributed by atoms with Crippen molar-refractivity contribution in [2.24, 2.45) is 0 Å². The van der Waals surface area contributed by atoms with Crippen LogP contribution >= 0.6 is 8.53 Å². The highest BCUT2D eigenvalue weighted by atomic mass is 31.2. The fraction of sp³-hybridized carbons (Fsp3) is 0.471. The van der Waals surface area contributed by atoms with E-state index in [-0.39, 0.29) is 31.4 Å². The van der Waals surface area contributed by atoms with Crippen molar-refractivity contribution in [3.05, 3.63) is 78.9 Å². The van der Waals surface area contributed by atoms with Crippen LogP contribution in [0.5, 0.6) is 5.75 Å². The van der Waals surface area contributed by atoms with E-state index >= 15 is 0 Å². The number of carbonyl (C=O) groups excluding carboxylic acids is 1. The first-order valence-corrected chi connectivity index (χ1v) is 16.9. The molecule has 4 aromatic rings. The number of methoxy groups -OCH3 is 1. The van der Waals surface area contributed by atoms with Gasteiger partial charge >= 0.3 is 0 Å². The van der Waals surface area contributed by atoms with E-state index in [4.69, 9.17) is 26.1 Å². The second-order valence-electron chi connectivity index (χ2n) is 11.4. The largest absolute Gasteiger partial charge is 0.484 e. The third-order valence-corrected chi connectivity index (χ3v) is 9.58. The monoisotopic (exact) mass is 685 g/mol. The SMILES string of the molecule is [2H]CC1OC(n2cnc3c(NC(=O)COc4ccccc4)ncnc32)C(OC)C1OP(OCCc1ccccc1)N(C(C)C)C(C)C.[3H]OC. The zero-order chi connectivity index (χ0) is 36.0. The van der Waals surface area contributed by atoms with Crippen molar-refractivity contribution in [2.45, 2.75) is 77.6 Å².